The first-order chi connectivity index (χ1) is 15.6. The van der Waals surface area contributed by atoms with Gasteiger partial charge in [-0.25, -0.2) is 0 Å². The molecular formula is C30H35NO. The van der Waals surface area contributed by atoms with Crippen molar-refractivity contribution in [2.24, 2.45) is 0 Å². The zero-order valence-corrected chi connectivity index (χ0v) is 19.6. The molecule has 4 rings (SSSR count). The van der Waals surface area contributed by atoms with E-state index in [1.165, 1.54) is 33.4 Å². The van der Waals surface area contributed by atoms with Crippen LogP contribution in [0.1, 0.15) is 48.1 Å². The van der Waals surface area contributed by atoms with Gasteiger partial charge >= 0.3 is 0 Å². The molecule has 1 N–H and O–H groups in total. The van der Waals surface area contributed by atoms with Gasteiger partial charge in [-0.3, -0.25) is 0 Å². The van der Waals surface area contributed by atoms with Gasteiger partial charge in [0, 0.05) is 18.6 Å². The van der Waals surface area contributed by atoms with E-state index in [1.807, 2.05) is 7.11 Å². The third-order valence-corrected chi connectivity index (χ3v) is 6.56. The SMILES string of the molecule is CCNC(C)CC1(COC)C=C(Cc2ccccc2)c2c(Cc3ccccc3)cccc21. The Morgan fingerprint density at radius 2 is 1.50 bits per heavy atom. The van der Waals surface area contributed by atoms with Crippen molar-refractivity contribution in [2.75, 3.05) is 20.3 Å². The van der Waals surface area contributed by atoms with Crippen LogP contribution < -0.4 is 5.32 Å². The molecule has 0 fully saturated rings. The molecule has 0 aromatic heterocycles. The number of ether oxygens (including phenoxy) is 1. The molecule has 1 aliphatic carbocycles. The minimum absolute atomic E-state index is 0.109. The van der Waals surface area contributed by atoms with E-state index >= 15 is 0 Å². The predicted octanol–water partition coefficient (Wildman–Crippen LogP) is 6.19. The van der Waals surface area contributed by atoms with Crippen molar-refractivity contribution < 1.29 is 4.74 Å². The summed E-state index contributed by atoms with van der Waals surface area (Å²) in [6, 6.07) is 28.9. The van der Waals surface area contributed by atoms with Crippen molar-refractivity contribution in [1.82, 2.24) is 5.32 Å². The molecule has 166 valence electrons. The average Bonchev–Trinajstić information content (AvgIpc) is 3.09. The summed E-state index contributed by atoms with van der Waals surface area (Å²) >= 11 is 0. The summed E-state index contributed by atoms with van der Waals surface area (Å²) < 4.78 is 5.85. The Labute approximate surface area is 193 Å². The molecule has 3 aromatic carbocycles. The van der Waals surface area contributed by atoms with Crippen molar-refractivity contribution in [2.45, 2.75) is 44.6 Å². The van der Waals surface area contributed by atoms with Crippen LogP contribution in [-0.4, -0.2) is 26.3 Å². The molecule has 2 atom stereocenters. The zero-order chi connectivity index (χ0) is 22.4. The fourth-order valence-corrected chi connectivity index (χ4v) is 5.37. The molecule has 0 aliphatic heterocycles. The lowest BCUT2D eigenvalue weighted by atomic mass is 9.77. The molecule has 0 radical (unpaired) electrons. The number of methoxy groups -OCH3 is 1. The van der Waals surface area contributed by atoms with Crippen LogP contribution in [0.5, 0.6) is 0 Å². The van der Waals surface area contributed by atoms with Crippen LogP contribution in [0.3, 0.4) is 0 Å². The maximum absolute atomic E-state index is 5.85. The van der Waals surface area contributed by atoms with E-state index in [4.69, 9.17) is 4.74 Å². The molecule has 0 saturated heterocycles. The Balaban J connectivity index is 1.80. The molecule has 0 bridgehead atoms. The molecule has 0 heterocycles. The normalized spacial score (nSPS) is 18.3. The Morgan fingerprint density at radius 1 is 0.844 bits per heavy atom. The summed E-state index contributed by atoms with van der Waals surface area (Å²) in [6.45, 7) is 6.14. The molecule has 32 heavy (non-hydrogen) atoms. The van der Waals surface area contributed by atoms with Gasteiger partial charge in [0.25, 0.3) is 0 Å². The van der Waals surface area contributed by atoms with Crippen LogP contribution in [0, 0.1) is 0 Å². The molecule has 0 amide bonds. The monoisotopic (exact) mass is 425 g/mol. The topological polar surface area (TPSA) is 21.3 Å². The molecule has 3 aromatic rings. The van der Waals surface area contributed by atoms with E-state index in [2.05, 4.69) is 104 Å². The highest BCUT2D eigenvalue weighted by Gasteiger charge is 2.40. The fourth-order valence-electron chi connectivity index (χ4n) is 5.37. The number of nitrogens with one attached hydrogen (secondary N) is 1. The van der Waals surface area contributed by atoms with E-state index < -0.39 is 0 Å². The molecule has 0 saturated carbocycles. The summed E-state index contributed by atoms with van der Waals surface area (Å²) in [5, 5.41) is 3.62. The molecule has 0 spiro atoms. The van der Waals surface area contributed by atoms with Crippen molar-refractivity contribution in [3.8, 4) is 0 Å². The average molecular weight is 426 g/mol. The summed E-state index contributed by atoms with van der Waals surface area (Å²) in [5.41, 5.74) is 8.29. The molecule has 2 heteroatoms. The van der Waals surface area contributed by atoms with Gasteiger partial charge in [-0.1, -0.05) is 91.9 Å². The Kier molecular flexibility index (Phi) is 7.24. The van der Waals surface area contributed by atoms with Crippen LogP contribution in [0.4, 0.5) is 0 Å². The van der Waals surface area contributed by atoms with Gasteiger partial charge in [0.15, 0.2) is 0 Å². The van der Waals surface area contributed by atoms with Crippen molar-refractivity contribution in [3.63, 3.8) is 0 Å². The van der Waals surface area contributed by atoms with Crippen molar-refractivity contribution in [3.05, 3.63) is 113 Å². The first-order valence-corrected chi connectivity index (χ1v) is 11.8. The van der Waals surface area contributed by atoms with Crippen molar-refractivity contribution in [1.29, 1.82) is 0 Å². The first kappa shape index (κ1) is 22.5. The highest BCUT2D eigenvalue weighted by Crippen LogP contribution is 2.46. The summed E-state index contributed by atoms with van der Waals surface area (Å²) in [6.07, 6.45) is 5.44. The number of fused-ring (bicyclic) bond motifs is 1. The van der Waals surface area contributed by atoms with Crippen LogP contribution in [0.15, 0.2) is 84.9 Å². The van der Waals surface area contributed by atoms with Gasteiger partial charge < -0.3 is 10.1 Å². The molecule has 2 nitrogen and oxygen atoms in total. The van der Waals surface area contributed by atoms with Gasteiger partial charge in [-0.2, -0.15) is 0 Å². The smallest absolute Gasteiger partial charge is 0.0595 e. The Morgan fingerprint density at radius 3 is 2.12 bits per heavy atom. The second kappa shape index (κ2) is 10.3. The van der Waals surface area contributed by atoms with E-state index in [-0.39, 0.29) is 5.41 Å². The van der Waals surface area contributed by atoms with Gasteiger partial charge in [0.05, 0.1) is 6.61 Å². The van der Waals surface area contributed by atoms with Crippen molar-refractivity contribution >= 4 is 5.57 Å². The Bertz CT molecular complexity index is 1040. The number of rotatable bonds is 10. The van der Waals surface area contributed by atoms with E-state index in [1.54, 1.807) is 0 Å². The number of hydrogen-bond acceptors (Lipinski definition) is 2. The third-order valence-electron chi connectivity index (χ3n) is 6.56. The van der Waals surface area contributed by atoms with E-state index in [9.17, 15) is 0 Å². The third kappa shape index (κ3) is 4.87. The molecular weight excluding hydrogens is 390 g/mol. The standard InChI is InChI=1S/C30H35NO/c1-4-31-23(2)20-30(22-32-3)21-27(19-25-14-9-6-10-15-25)29-26(16-11-17-28(29)30)18-24-12-7-5-8-13-24/h5-17,21,23,31H,4,18-20,22H2,1-3H3. The van der Waals surface area contributed by atoms with Crippen LogP contribution in [0.25, 0.3) is 5.57 Å². The minimum Gasteiger partial charge on any atom is -0.383 e. The lowest BCUT2D eigenvalue weighted by Crippen LogP contribution is -2.37. The second-order valence-corrected chi connectivity index (χ2v) is 9.09. The Hall–Kier alpha value is -2.68. The second-order valence-electron chi connectivity index (χ2n) is 9.09. The highest BCUT2D eigenvalue weighted by atomic mass is 16.5. The largest absolute Gasteiger partial charge is 0.383 e. The van der Waals surface area contributed by atoms with Gasteiger partial charge in [-0.05, 0) is 66.1 Å². The summed E-state index contributed by atoms with van der Waals surface area (Å²) in [7, 11) is 1.83. The van der Waals surface area contributed by atoms with E-state index in [0.717, 1.165) is 25.8 Å². The first-order valence-electron chi connectivity index (χ1n) is 11.8. The summed E-state index contributed by atoms with van der Waals surface area (Å²) in [5.74, 6) is 0. The number of benzene rings is 3. The van der Waals surface area contributed by atoms with Crippen LogP contribution in [0.2, 0.25) is 0 Å². The quantitative estimate of drug-likeness (QED) is 0.418. The highest BCUT2D eigenvalue weighted by molar-refractivity contribution is 5.80. The minimum atomic E-state index is -0.109. The summed E-state index contributed by atoms with van der Waals surface area (Å²) in [4.78, 5) is 0. The van der Waals surface area contributed by atoms with Gasteiger partial charge in [-0.15, -0.1) is 0 Å². The fraction of sp³-hybridized carbons (Fsp3) is 0.333. The van der Waals surface area contributed by atoms with E-state index in [0.29, 0.717) is 12.6 Å². The van der Waals surface area contributed by atoms with Crippen LogP contribution in [-0.2, 0) is 23.0 Å². The maximum atomic E-state index is 5.85. The molecule has 1 aliphatic rings. The predicted molar refractivity (Wildman–Crippen MR) is 135 cm³/mol. The zero-order valence-electron chi connectivity index (χ0n) is 19.6. The van der Waals surface area contributed by atoms with Crippen LogP contribution >= 0.6 is 0 Å². The lowest BCUT2D eigenvalue weighted by Gasteiger charge is -2.32. The van der Waals surface area contributed by atoms with Gasteiger partial charge in [0.1, 0.15) is 0 Å². The maximum Gasteiger partial charge on any atom is 0.0595 e. The number of allylic oxidation sites excluding steroid dienone is 1. The molecule has 2 unspecified atom stereocenters. The number of hydrogen-bond donors (Lipinski definition) is 1. The van der Waals surface area contributed by atoms with Gasteiger partial charge in [0.2, 0.25) is 0 Å². The lowest BCUT2D eigenvalue weighted by molar-refractivity contribution is 0.142.